The van der Waals surface area contributed by atoms with E-state index in [-0.39, 0.29) is 29.1 Å². The number of carbonyl (C=O) groups is 3. The van der Waals surface area contributed by atoms with Crippen LogP contribution in [0.25, 0.3) is 0 Å². The number of carbonyl (C=O) groups excluding carboxylic acids is 3. The van der Waals surface area contributed by atoms with Crippen LogP contribution in [0.15, 0.2) is 6.20 Å². The lowest BCUT2D eigenvalue weighted by Crippen LogP contribution is -2.40. The fourth-order valence-electron chi connectivity index (χ4n) is 5.99. The zero-order chi connectivity index (χ0) is 24.1. The molecule has 3 heterocycles. The largest absolute Gasteiger partial charge is 0.465 e. The number of amides is 1. The van der Waals surface area contributed by atoms with Gasteiger partial charge in [-0.25, -0.2) is 0 Å². The molecule has 0 atom stereocenters. The Morgan fingerprint density at radius 1 is 1.15 bits per heavy atom. The van der Waals surface area contributed by atoms with Gasteiger partial charge >= 0.3 is 5.97 Å². The average Bonchev–Trinajstić information content (AvgIpc) is 3.15. The molecule has 1 aliphatic carbocycles. The van der Waals surface area contributed by atoms with Gasteiger partial charge in [-0.2, -0.15) is 0 Å². The lowest BCUT2D eigenvalue weighted by molar-refractivity contribution is -0.150. The van der Waals surface area contributed by atoms with Gasteiger partial charge in [-0.1, -0.05) is 13.8 Å². The van der Waals surface area contributed by atoms with Gasteiger partial charge in [0.05, 0.1) is 18.1 Å². The summed E-state index contributed by atoms with van der Waals surface area (Å²) in [4.78, 5) is 37.4. The molecule has 7 nitrogen and oxygen atoms in total. The second-order valence-corrected chi connectivity index (χ2v) is 10.4. The number of nitrogens with one attached hydrogen (secondary N) is 1. The predicted octanol–water partition coefficient (Wildman–Crippen LogP) is 3.85. The Balaban J connectivity index is 1.34. The minimum absolute atomic E-state index is 0.0394. The lowest BCUT2D eigenvalue weighted by atomic mass is 9.76. The maximum Gasteiger partial charge on any atom is 0.308 e. The van der Waals surface area contributed by atoms with Gasteiger partial charge in [0.25, 0.3) is 5.91 Å². The van der Waals surface area contributed by atoms with Gasteiger partial charge < -0.3 is 19.4 Å². The Labute approximate surface area is 202 Å². The van der Waals surface area contributed by atoms with Crippen LogP contribution >= 0.6 is 0 Å². The van der Waals surface area contributed by atoms with E-state index in [0.717, 1.165) is 94.4 Å². The smallest absolute Gasteiger partial charge is 0.308 e. The number of rotatable bonds is 8. The molecule has 2 aliphatic heterocycles. The number of ether oxygens (including phenoxy) is 2. The van der Waals surface area contributed by atoms with E-state index >= 15 is 0 Å². The van der Waals surface area contributed by atoms with Crippen LogP contribution < -0.4 is 5.32 Å². The van der Waals surface area contributed by atoms with Crippen molar-refractivity contribution in [3.05, 3.63) is 23.0 Å². The monoisotopic (exact) mass is 472 g/mol. The molecule has 1 aromatic heterocycles. The molecule has 34 heavy (non-hydrogen) atoms. The maximum atomic E-state index is 13.0. The summed E-state index contributed by atoms with van der Waals surface area (Å²) in [6.07, 6.45) is 10.1. The number of aromatic nitrogens is 1. The standard InChI is InChI=1S/C27H40N2O5/c1-3-19-17-29(22-16-27(10-14-33-15-11-27)18-28-25(31)24(19)22)12-5-13-34-26(32)21-8-6-20(7-9-21)23(30)4-2/h17,20-21H,3-16,18H2,1-2H3,(H,28,31). The number of nitrogens with zero attached hydrogens (tertiary/aromatic N) is 1. The quantitative estimate of drug-likeness (QED) is 0.459. The van der Waals surface area contributed by atoms with E-state index in [1.807, 2.05) is 6.92 Å². The van der Waals surface area contributed by atoms with Crippen molar-refractivity contribution < 1.29 is 23.9 Å². The van der Waals surface area contributed by atoms with Crippen molar-refractivity contribution in [2.45, 2.75) is 84.6 Å². The van der Waals surface area contributed by atoms with Crippen LogP contribution in [-0.2, 0) is 38.4 Å². The first-order chi connectivity index (χ1) is 16.5. The molecule has 3 aliphatic rings. The number of ketones is 1. The molecule has 1 N–H and O–H groups in total. The van der Waals surface area contributed by atoms with E-state index in [4.69, 9.17) is 9.47 Å². The van der Waals surface area contributed by atoms with Gasteiger partial charge in [0.15, 0.2) is 0 Å². The van der Waals surface area contributed by atoms with E-state index in [2.05, 4.69) is 23.0 Å². The highest BCUT2D eigenvalue weighted by Gasteiger charge is 2.39. The van der Waals surface area contributed by atoms with Crippen molar-refractivity contribution in [2.75, 3.05) is 26.4 Å². The highest BCUT2D eigenvalue weighted by atomic mass is 16.5. The van der Waals surface area contributed by atoms with Gasteiger partial charge in [0.2, 0.25) is 0 Å². The zero-order valence-electron chi connectivity index (χ0n) is 20.8. The molecule has 4 rings (SSSR count). The summed E-state index contributed by atoms with van der Waals surface area (Å²) < 4.78 is 13.5. The van der Waals surface area contributed by atoms with Crippen molar-refractivity contribution in [3.8, 4) is 0 Å². The summed E-state index contributed by atoms with van der Waals surface area (Å²) in [7, 11) is 0. The van der Waals surface area contributed by atoms with Crippen LogP contribution in [-0.4, -0.2) is 48.6 Å². The zero-order valence-corrected chi connectivity index (χ0v) is 20.8. The van der Waals surface area contributed by atoms with E-state index in [1.165, 1.54) is 0 Å². The lowest BCUT2D eigenvalue weighted by Gasteiger charge is -2.36. The molecular weight excluding hydrogens is 432 g/mol. The summed E-state index contributed by atoms with van der Waals surface area (Å²) in [5, 5.41) is 3.18. The summed E-state index contributed by atoms with van der Waals surface area (Å²) in [6.45, 7) is 7.31. The van der Waals surface area contributed by atoms with Crippen LogP contribution in [0.1, 0.15) is 86.8 Å². The Hall–Kier alpha value is -2.15. The van der Waals surface area contributed by atoms with Gasteiger partial charge in [0, 0.05) is 50.5 Å². The second-order valence-electron chi connectivity index (χ2n) is 10.4. The minimum atomic E-state index is -0.122. The third-order valence-electron chi connectivity index (χ3n) is 8.25. The number of aryl methyl sites for hydroxylation is 2. The number of fused-ring (bicyclic) bond motifs is 1. The third-order valence-corrected chi connectivity index (χ3v) is 8.25. The number of hydrogen-bond acceptors (Lipinski definition) is 5. The Kier molecular flexibility index (Phi) is 8.12. The summed E-state index contributed by atoms with van der Waals surface area (Å²) in [6, 6.07) is 0. The molecule has 1 saturated carbocycles. The first-order valence-corrected chi connectivity index (χ1v) is 13.2. The first-order valence-electron chi connectivity index (χ1n) is 13.2. The summed E-state index contributed by atoms with van der Waals surface area (Å²) in [5.41, 5.74) is 3.12. The van der Waals surface area contributed by atoms with E-state index < -0.39 is 0 Å². The molecule has 1 spiro atoms. The van der Waals surface area contributed by atoms with Gasteiger partial charge in [-0.15, -0.1) is 0 Å². The van der Waals surface area contributed by atoms with Crippen LogP contribution in [0.2, 0.25) is 0 Å². The van der Waals surface area contributed by atoms with Crippen molar-refractivity contribution in [1.29, 1.82) is 0 Å². The summed E-state index contributed by atoms with van der Waals surface area (Å²) in [5.74, 6) is 0.288. The van der Waals surface area contributed by atoms with Crippen LogP contribution in [0.5, 0.6) is 0 Å². The molecule has 1 aromatic rings. The van der Waals surface area contributed by atoms with Crippen molar-refractivity contribution >= 4 is 17.7 Å². The van der Waals surface area contributed by atoms with Crippen LogP contribution in [0.4, 0.5) is 0 Å². The summed E-state index contributed by atoms with van der Waals surface area (Å²) >= 11 is 0. The third kappa shape index (κ3) is 5.40. The average molecular weight is 473 g/mol. The molecular formula is C27H40N2O5. The number of esters is 1. The molecule has 0 aromatic carbocycles. The molecule has 0 bridgehead atoms. The molecule has 1 amide bonds. The normalized spacial score (nSPS) is 24.2. The first kappa shape index (κ1) is 25.0. The van der Waals surface area contributed by atoms with Crippen molar-refractivity contribution in [1.82, 2.24) is 9.88 Å². The molecule has 1 saturated heterocycles. The van der Waals surface area contributed by atoms with Crippen molar-refractivity contribution in [3.63, 3.8) is 0 Å². The second kappa shape index (κ2) is 11.1. The van der Waals surface area contributed by atoms with Gasteiger partial charge in [-0.3, -0.25) is 14.4 Å². The van der Waals surface area contributed by atoms with Crippen LogP contribution in [0.3, 0.4) is 0 Å². The maximum absolute atomic E-state index is 13.0. The Morgan fingerprint density at radius 3 is 2.53 bits per heavy atom. The molecule has 0 radical (unpaired) electrons. The molecule has 7 heteroatoms. The highest BCUT2D eigenvalue weighted by Crippen LogP contribution is 2.38. The minimum Gasteiger partial charge on any atom is -0.465 e. The fourth-order valence-corrected chi connectivity index (χ4v) is 5.99. The Bertz CT molecular complexity index is 891. The number of Topliss-reactive ketones (excluding diaryl/α,β-unsaturated/α-hetero) is 1. The van der Waals surface area contributed by atoms with E-state index in [9.17, 15) is 14.4 Å². The van der Waals surface area contributed by atoms with E-state index in [1.54, 1.807) is 0 Å². The SMILES string of the molecule is CCC(=O)C1CCC(C(=O)OCCCn2cc(CC)c3c2CC2(CCOCC2)CNC3=O)CC1. The van der Waals surface area contributed by atoms with Gasteiger partial charge in [0.1, 0.15) is 5.78 Å². The number of hydrogen-bond donors (Lipinski definition) is 1. The van der Waals surface area contributed by atoms with Crippen molar-refractivity contribution in [2.24, 2.45) is 17.3 Å². The Morgan fingerprint density at radius 2 is 1.85 bits per heavy atom. The van der Waals surface area contributed by atoms with E-state index in [0.29, 0.717) is 25.4 Å². The highest BCUT2D eigenvalue weighted by molar-refractivity contribution is 5.97. The molecule has 0 unspecified atom stereocenters. The predicted molar refractivity (Wildman–Crippen MR) is 129 cm³/mol. The topological polar surface area (TPSA) is 86.6 Å². The fraction of sp³-hybridized carbons (Fsp3) is 0.741. The van der Waals surface area contributed by atoms with Gasteiger partial charge in [-0.05, 0) is 68.8 Å². The van der Waals surface area contributed by atoms with Crippen LogP contribution in [0, 0.1) is 17.3 Å². The molecule has 2 fully saturated rings. The molecule has 188 valence electrons.